The molecule has 0 unspecified atom stereocenters. The van der Waals surface area contributed by atoms with Gasteiger partial charge in [0, 0.05) is 23.5 Å². The molecule has 0 radical (unpaired) electrons. The standard InChI is InChI=1S/C16H15Cl2N3O4/c1-9-5-14(21(23)24)15(25-2)7-13(9)20-16(22)8-19-10-3-4-11(17)12(18)6-10/h3-7,19H,8H2,1-2H3,(H,20,22). The highest BCUT2D eigenvalue weighted by Gasteiger charge is 2.18. The van der Waals surface area contributed by atoms with Crippen LogP contribution >= 0.6 is 23.2 Å². The van der Waals surface area contributed by atoms with Crippen LogP contribution in [-0.2, 0) is 4.79 Å². The summed E-state index contributed by atoms with van der Waals surface area (Å²) in [6.45, 7) is 1.64. The maximum absolute atomic E-state index is 12.1. The molecule has 0 heterocycles. The average Bonchev–Trinajstić information content (AvgIpc) is 2.57. The summed E-state index contributed by atoms with van der Waals surface area (Å²) in [5.41, 5.74) is 1.47. The summed E-state index contributed by atoms with van der Waals surface area (Å²) in [6, 6.07) is 7.69. The molecule has 0 bridgehead atoms. The third kappa shape index (κ3) is 4.74. The van der Waals surface area contributed by atoms with Gasteiger partial charge in [0.05, 0.1) is 28.6 Å². The number of nitrogens with zero attached hydrogens (tertiary/aromatic N) is 1. The Balaban J connectivity index is 2.07. The monoisotopic (exact) mass is 383 g/mol. The Morgan fingerprint density at radius 2 is 1.96 bits per heavy atom. The van der Waals surface area contributed by atoms with Crippen LogP contribution in [-0.4, -0.2) is 24.5 Å². The first kappa shape index (κ1) is 18.8. The Morgan fingerprint density at radius 3 is 2.56 bits per heavy atom. The van der Waals surface area contributed by atoms with Crippen LogP contribution in [0.15, 0.2) is 30.3 Å². The van der Waals surface area contributed by atoms with Crippen molar-refractivity contribution in [2.24, 2.45) is 0 Å². The summed E-state index contributed by atoms with van der Waals surface area (Å²) in [4.78, 5) is 22.5. The van der Waals surface area contributed by atoms with E-state index in [1.807, 2.05) is 0 Å². The molecule has 9 heteroatoms. The molecule has 0 atom stereocenters. The predicted octanol–water partition coefficient (Wildman–Crippen LogP) is 4.27. The van der Waals surface area contributed by atoms with Gasteiger partial charge in [-0.15, -0.1) is 0 Å². The number of nitrogens with one attached hydrogen (secondary N) is 2. The van der Waals surface area contributed by atoms with Crippen LogP contribution in [0.3, 0.4) is 0 Å². The second-order valence-electron chi connectivity index (χ2n) is 5.13. The van der Waals surface area contributed by atoms with Gasteiger partial charge < -0.3 is 15.4 Å². The molecule has 1 amide bonds. The molecule has 132 valence electrons. The second kappa shape index (κ2) is 8.04. The van der Waals surface area contributed by atoms with Crippen LogP contribution in [0.4, 0.5) is 17.1 Å². The van der Waals surface area contributed by atoms with E-state index in [4.69, 9.17) is 27.9 Å². The topological polar surface area (TPSA) is 93.5 Å². The van der Waals surface area contributed by atoms with Crippen molar-refractivity contribution in [1.82, 2.24) is 0 Å². The van der Waals surface area contributed by atoms with Crippen LogP contribution in [0, 0.1) is 17.0 Å². The molecular formula is C16H15Cl2N3O4. The molecule has 0 saturated carbocycles. The molecule has 2 rings (SSSR count). The number of nitro groups is 1. The third-order valence-electron chi connectivity index (χ3n) is 3.37. The molecule has 0 aliphatic carbocycles. The van der Waals surface area contributed by atoms with E-state index in [0.717, 1.165) is 0 Å². The van der Waals surface area contributed by atoms with Crippen molar-refractivity contribution >= 4 is 46.2 Å². The van der Waals surface area contributed by atoms with Crippen LogP contribution in [0.25, 0.3) is 0 Å². The number of carbonyl (C=O) groups is 1. The fourth-order valence-corrected chi connectivity index (χ4v) is 2.39. The maximum Gasteiger partial charge on any atom is 0.311 e. The molecule has 2 aromatic carbocycles. The quantitative estimate of drug-likeness (QED) is 0.573. The average molecular weight is 384 g/mol. The normalized spacial score (nSPS) is 10.2. The highest BCUT2D eigenvalue weighted by Crippen LogP contribution is 2.32. The first-order chi connectivity index (χ1) is 11.8. The van der Waals surface area contributed by atoms with Crippen molar-refractivity contribution in [3.63, 3.8) is 0 Å². The zero-order valence-corrected chi connectivity index (χ0v) is 14.9. The minimum Gasteiger partial charge on any atom is -0.490 e. The fraction of sp³-hybridized carbons (Fsp3) is 0.188. The van der Waals surface area contributed by atoms with Crippen molar-refractivity contribution in [3.05, 3.63) is 56.1 Å². The number of carbonyl (C=O) groups excluding carboxylic acids is 1. The van der Waals surface area contributed by atoms with E-state index in [0.29, 0.717) is 27.0 Å². The van der Waals surface area contributed by atoms with Crippen molar-refractivity contribution < 1.29 is 14.5 Å². The van der Waals surface area contributed by atoms with Crippen LogP contribution < -0.4 is 15.4 Å². The molecule has 0 spiro atoms. The Kier molecular flexibility index (Phi) is 6.06. The van der Waals surface area contributed by atoms with Crippen molar-refractivity contribution in [2.75, 3.05) is 24.3 Å². The molecule has 25 heavy (non-hydrogen) atoms. The molecule has 0 aromatic heterocycles. The van der Waals surface area contributed by atoms with E-state index < -0.39 is 4.92 Å². The molecule has 0 aliphatic rings. The minimum atomic E-state index is -0.538. The summed E-state index contributed by atoms with van der Waals surface area (Å²) < 4.78 is 5.00. The smallest absolute Gasteiger partial charge is 0.311 e. The molecule has 7 nitrogen and oxygen atoms in total. The highest BCUT2D eigenvalue weighted by atomic mass is 35.5. The molecule has 0 aliphatic heterocycles. The van der Waals surface area contributed by atoms with E-state index in [1.54, 1.807) is 25.1 Å². The number of amides is 1. The Hall–Kier alpha value is -2.51. The van der Waals surface area contributed by atoms with Crippen molar-refractivity contribution in [1.29, 1.82) is 0 Å². The number of aryl methyl sites for hydroxylation is 1. The van der Waals surface area contributed by atoms with Crippen molar-refractivity contribution in [2.45, 2.75) is 6.92 Å². The van der Waals surface area contributed by atoms with E-state index in [2.05, 4.69) is 10.6 Å². The Bertz CT molecular complexity index is 827. The first-order valence-electron chi connectivity index (χ1n) is 7.13. The van der Waals surface area contributed by atoms with E-state index in [1.165, 1.54) is 19.2 Å². The molecule has 0 saturated heterocycles. The van der Waals surface area contributed by atoms with Gasteiger partial charge in [0.2, 0.25) is 5.91 Å². The van der Waals surface area contributed by atoms with Gasteiger partial charge in [-0.3, -0.25) is 14.9 Å². The maximum atomic E-state index is 12.1. The number of hydrogen-bond acceptors (Lipinski definition) is 5. The van der Waals surface area contributed by atoms with Gasteiger partial charge in [-0.2, -0.15) is 0 Å². The van der Waals surface area contributed by atoms with Gasteiger partial charge in [-0.1, -0.05) is 23.2 Å². The van der Waals surface area contributed by atoms with E-state index in [9.17, 15) is 14.9 Å². The van der Waals surface area contributed by atoms with E-state index >= 15 is 0 Å². The largest absolute Gasteiger partial charge is 0.490 e. The summed E-state index contributed by atoms with van der Waals surface area (Å²) in [5.74, 6) is -0.256. The Labute approximate surface area is 154 Å². The summed E-state index contributed by atoms with van der Waals surface area (Å²) in [6.07, 6.45) is 0. The van der Waals surface area contributed by atoms with Gasteiger partial charge >= 0.3 is 5.69 Å². The number of halogens is 2. The zero-order valence-electron chi connectivity index (χ0n) is 13.4. The number of nitro benzene ring substituents is 1. The number of hydrogen-bond donors (Lipinski definition) is 2. The number of methoxy groups -OCH3 is 1. The lowest BCUT2D eigenvalue weighted by molar-refractivity contribution is -0.385. The van der Waals surface area contributed by atoms with Crippen LogP contribution in [0.2, 0.25) is 10.0 Å². The number of ether oxygens (including phenoxy) is 1. The SMILES string of the molecule is COc1cc(NC(=O)CNc2ccc(Cl)c(Cl)c2)c(C)cc1[N+](=O)[O-]. The first-order valence-corrected chi connectivity index (χ1v) is 7.89. The zero-order chi connectivity index (χ0) is 18.6. The summed E-state index contributed by atoms with van der Waals surface area (Å²) in [5, 5.41) is 17.4. The molecule has 2 N–H and O–H groups in total. The summed E-state index contributed by atoms with van der Waals surface area (Å²) in [7, 11) is 1.33. The van der Waals surface area contributed by atoms with Gasteiger partial charge in [0.1, 0.15) is 0 Å². The molecule has 0 fully saturated rings. The third-order valence-corrected chi connectivity index (χ3v) is 4.11. The number of rotatable bonds is 6. The number of anilines is 2. The predicted molar refractivity (Wildman–Crippen MR) is 98.0 cm³/mol. The Morgan fingerprint density at radius 1 is 1.24 bits per heavy atom. The van der Waals surface area contributed by atoms with Gasteiger partial charge in [0.15, 0.2) is 5.75 Å². The minimum absolute atomic E-state index is 0.0172. The fourth-order valence-electron chi connectivity index (χ4n) is 2.10. The lowest BCUT2D eigenvalue weighted by atomic mass is 10.1. The lowest BCUT2D eigenvalue weighted by Gasteiger charge is -2.12. The van der Waals surface area contributed by atoms with Gasteiger partial charge in [0.25, 0.3) is 0 Å². The van der Waals surface area contributed by atoms with Gasteiger partial charge in [-0.05, 0) is 30.7 Å². The molecule has 2 aromatic rings. The summed E-state index contributed by atoms with van der Waals surface area (Å²) >= 11 is 11.7. The second-order valence-corrected chi connectivity index (χ2v) is 5.94. The highest BCUT2D eigenvalue weighted by molar-refractivity contribution is 6.42. The van der Waals surface area contributed by atoms with Crippen LogP contribution in [0.1, 0.15) is 5.56 Å². The molecular weight excluding hydrogens is 369 g/mol. The van der Waals surface area contributed by atoms with Gasteiger partial charge in [-0.25, -0.2) is 0 Å². The van der Waals surface area contributed by atoms with Crippen LogP contribution in [0.5, 0.6) is 5.75 Å². The lowest BCUT2D eigenvalue weighted by Crippen LogP contribution is -2.22. The number of benzene rings is 2. The van der Waals surface area contributed by atoms with Crippen molar-refractivity contribution in [3.8, 4) is 5.75 Å². The van der Waals surface area contributed by atoms with E-state index in [-0.39, 0.29) is 23.9 Å².